The third-order valence-electron chi connectivity index (χ3n) is 1.48. The molecule has 0 aliphatic rings. The van der Waals surface area contributed by atoms with E-state index in [0.29, 0.717) is 0 Å². The standard InChI is InChI=1S/C8H8ClN3O2/c9-3-7(13)12-6-4-11-2-1-5(6)8(10)14/h1-2,4H,3H2,(H2,10,14)(H,12,13). The fourth-order valence-corrected chi connectivity index (χ4v) is 0.959. The summed E-state index contributed by atoms with van der Waals surface area (Å²) in [5.74, 6) is -1.23. The van der Waals surface area contributed by atoms with E-state index in [-0.39, 0.29) is 17.1 Å². The first-order valence-electron chi connectivity index (χ1n) is 3.74. The van der Waals surface area contributed by atoms with E-state index in [1.165, 1.54) is 18.5 Å². The summed E-state index contributed by atoms with van der Waals surface area (Å²) in [6.45, 7) is 0. The summed E-state index contributed by atoms with van der Waals surface area (Å²) in [6, 6.07) is 1.42. The van der Waals surface area contributed by atoms with E-state index in [1.807, 2.05) is 0 Å². The molecule has 6 heteroatoms. The molecule has 0 bridgehead atoms. The lowest BCUT2D eigenvalue weighted by Gasteiger charge is -2.05. The minimum absolute atomic E-state index is 0.187. The van der Waals surface area contributed by atoms with Crippen molar-refractivity contribution in [1.82, 2.24) is 4.98 Å². The van der Waals surface area contributed by atoms with Gasteiger partial charge in [0.15, 0.2) is 0 Å². The molecule has 74 valence electrons. The van der Waals surface area contributed by atoms with Crippen LogP contribution in [0.1, 0.15) is 10.4 Å². The number of hydrogen-bond acceptors (Lipinski definition) is 3. The van der Waals surface area contributed by atoms with Crippen molar-refractivity contribution in [3.05, 3.63) is 24.0 Å². The monoisotopic (exact) mass is 213 g/mol. The number of carbonyl (C=O) groups excluding carboxylic acids is 2. The fourth-order valence-electron chi connectivity index (χ4n) is 0.893. The molecule has 0 aromatic carbocycles. The average Bonchev–Trinajstić information content (AvgIpc) is 2.18. The van der Waals surface area contributed by atoms with Gasteiger partial charge in [0.1, 0.15) is 5.88 Å². The molecule has 1 aromatic rings. The molecule has 1 aromatic heterocycles. The molecule has 2 amide bonds. The summed E-state index contributed by atoms with van der Waals surface area (Å²) in [4.78, 5) is 25.6. The number of primary amides is 1. The summed E-state index contributed by atoms with van der Waals surface area (Å²) in [5.41, 5.74) is 5.56. The summed E-state index contributed by atoms with van der Waals surface area (Å²) < 4.78 is 0. The van der Waals surface area contributed by atoms with Crippen LogP contribution < -0.4 is 11.1 Å². The molecule has 0 aliphatic carbocycles. The zero-order valence-corrected chi connectivity index (χ0v) is 7.91. The number of anilines is 1. The molecule has 0 unspecified atom stereocenters. The Bertz CT molecular complexity index is 367. The molecule has 0 fully saturated rings. The molecule has 1 heterocycles. The normalized spacial score (nSPS) is 9.50. The summed E-state index contributed by atoms with van der Waals surface area (Å²) in [6.07, 6.45) is 2.75. The molecule has 0 atom stereocenters. The molecule has 14 heavy (non-hydrogen) atoms. The number of nitrogens with one attached hydrogen (secondary N) is 1. The van der Waals surface area contributed by atoms with Crippen LogP contribution in [-0.4, -0.2) is 22.7 Å². The van der Waals surface area contributed by atoms with Gasteiger partial charge in [0, 0.05) is 6.20 Å². The minimum atomic E-state index is -0.628. The van der Waals surface area contributed by atoms with Gasteiger partial charge in [-0.3, -0.25) is 14.6 Å². The predicted octanol–water partition coefficient (Wildman–Crippen LogP) is 0.358. The molecular formula is C8H8ClN3O2. The van der Waals surface area contributed by atoms with E-state index in [2.05, 4.69) is 10.3 Å². The maximum Gasteiger partial charge on any atom is 0.250 e. The number of pyridine rings is 1. The molecular weight excluding hydrogens is 206 g/mol. The Hall–Kier alpha value is -1.62. The fraction of sp³-hybridized carbons (Fsp3) is 0.125. The van der Waals surface area contributed by atoms with E-state index in [4.69, 9.17) is 17.3 Å². The van der Waals surface area contributed by atoms with Crippen LogP contribution >= 0.6 is 11.6 Å². The van der Waals surface area contributed by atoms with Crippen LogP contribution in [0.15, 0.2) is 18.5 Å². The Kier molecular flexibility index (Phi) is 3.41. The minimum Gasteiger partial charge on any atom is -0.366 e. The highest BCUT2D eigenvalue weighted by Gasteiger charge is 2.09. The lowest BCUT2D eigenvalue weighted by molar-refractivity contribution is -0.113. The van der Waals surface area contributed by atoms with E-state index in [1.54, 1.807) is 0 Å². The predicted molar refractivity (Wildman–Crippen MR) is 52.1 cm³/mol. The van der Waals surface area contributed by atoms with Gasteiger partial charge >= 0.3 is 0 Å². The summed E-state index contributed by atoms with van der Waals surface area (Å²) in [5, 5.41) is 2.41. The molecule has 3 N–H and O–H groups in total. The smallest absolute Gasteiger partial charge is 0.250 e. The van der Waals surface area contributed by atoms with Crippen molar-refractivity contribution in [1.29, 1.82) is 0 Å². The van der Waals surface area contributed by atoms with Crippen molar-refractivity contribution >= 4 is 29.1 Å². The Morgan fingerprint density at radius 2 is 2.29 bits per heavy atom. The van der Waals surface area contributed by atoms with Gasteiger partial charge in [-0.25, -0.2) is 0 Å². The molecule has 0 radical (unpaired) electrons. The average molecular weight is 214 g/mol. The highest BCUT2D eigenvalue weighted by Crippen LogP contribution is 2.12. The van der Waals surface area contributed by atoms with Gasteiger partial charge in [-0.1, -0.05) is 0 Å². The number of carbonyl (C=O) groups is 2. The molecule has 0 aliphatic heterocycles. The number of nitrogens with two attached hydrogens (primary N) is 1. The molecule has 0 saturated carbocycles. The Labute approximate surface area is 85.3 Å². The highest BCUT2D eigenvalue weighted by molar-refractivity contribution is 6.29. The number of amides is 2. The second kappa shape index (κ2) is 4.57. The van der Waals surface area contributed by atoms with Crippen molar-refractivity contribution in [3.8, 4) is 0 Å². The van der Waals surface area contributed by atoms with Gasteiger partial charge in [0.2, 0.25) is 5.91 Å². The van der Waals surface area contributed by atoms with E-state index < -0.39 is 11.8 Å². The SMILES string of the molecule is NC(=O)c1ccncc1NC(=O)CCl. The Morgan fingerprint density at radius 1 is 1.57 bits per heavy atom. The van der Waals surface area contributed by atoms with Gasteiger partial charge < -0.3 is 11.1 Å². The van der Waals surface area contributed by atoms with Gasteiger partial charge in [-0.05, 0) is 6.07 Å². The molecule has 0 spiro atoms. The number of halogens is 1. The first-order valence-corrected chi connectivity index (χ1v) is 4.28. The van der Waals surface area contributed by atoms with Crippen molar-refractivity contribution in [2.24, 2.45) is 5.73 Å². The summed E-state index contributed by atoms with van der Waals surface area (Å²) in [7, 11) is 0. The zero-order chi connectivity index (χ0) is 10.6. The van der Waals surface area contributed by atoms with Crippen LogP contribution in [0.25, 0.3) is 0 Å². The topological polar surface area (TPSA) is 85.1 Å². The van der Waals surface area contributed by atoms with Gasteiger partial charge in [0.05, 0.1) is 17.4 Å². The lowest BCUT2D eigenvalue weighted by Crippen LogP contribution is -2.18. The lowest BCUT2D eigenvalue weighted by atomic mass is 10.2. The van der Waals surface area contributed by atoms with Gasteiger partial charge in [0.25, 0.3) is 5.91 Å². The third kappa shape index (κ3) is 2.43. The van der Waals surface area contributed by atoms with Crippen LogP contribution in [0.4, 0.5) is 5.69 Å². The Balaban J connectivity index is 2.95. The van der Waals surface area contributed by atoms with Crippen molar-refractivity contribution in [2.45, 2.75) is 0 Å². The zero-order valence-electron chi connectivity index (χ0n) is 7.16. The van der Waals surface area contributed by atoms with Crippen LogP contribution in [-0.2, 0) is 4.79 Å². The van der Waals surface area contributed by atoms with Crippen molar-refractivity contribution in [3.63, 3.8) is 0 Å². The van der Waals surface area contributed by atoms with Gasteiger partial charge in [-0.2, -0.15) is 0 Å². The van der Waals surface area contributed by atoms with Crippen molar-refractivity contribution < 1.29 is 9.59 Å². The third-order valence-corrected chi connectivity index (χ3v) is 1.72. The maximum absolute atomic E-state index is 10.9. The van der Waals surface area contributed by atoms with Crippen LogP contribution in [0.2, 0.25) is 0 Å². The second-order valence-corrected chi connectivity index (χ2v) is 2.73. The van der Waals surface area contributed by atoms with Crippen LogP contribution in [0, 0.1) is 0 Å². The number of aromatic nitrogens is 1. The first-order chi connectivity index (χ1) is 6.65. The molecule has 0 saturated heterocycles. The number of rotatable bonds is 3. The van der Waals surface area contributed by atoms with E-state index in [0.717, 1.165) is 0 Å². The molecule has 1 rings (SSSR count). The van der Waals surface area contributed by atoms with Crippen molar-refractivity contribution in [2.75, 3.05) is 11.2 Å². The van der Waals surface area contributed by atoms with E-state index >= 15 is 0 Å². The second-order valence-electron chi connectivity index (χ2n) is 2.47. The quantitative estimate of drug-likeness (QED) is 0.711. The molecule has 5 nitrogen and oxygen atoms in total. The van der Waals surface area contributed by atoms with Gasteiger partial charge in [-0.15, -0.1) is 11.6 Å². The van der Waals surface area contributed by atoms with E-state index in [9.17, 15) is 9.59 Å². The number of alkyl halides is 1. The maximum atomic E-state index is 10.9. The number of nitrogens with zero attached hydrogens (tertiary/aromatic N) is 1. The first kappa shape index (κ1) is 10.5. The van der Waals surface area contributed by atoms with Crippen LogP contribution in [0.5, 0.6) is 0 Å². The summed E-state index contributed by atoms with van der Waals surface area (Å²) >= 11 is 5.29. The van der Waals surface area contributed by atoms with Crippen LogP contribution in [0.3, 0.4) is 0 Å². The number of hydrogen-bond donors (Lipinski definition) is 2. The highest BCUT2D eigenvalue weighted by atomic mass is 35.5. The Morgan fingerprint density at radius 3 is 2.86 bits per heavy atom. The largest absolute Gasteiger partial charge is 0.366 e.